The van der Waals surface area contributed by atoms with E-state index in [9.17, 15) is 4.79 Å². The second-order valence-corrected chi connectivity index (χ2v) is 6.25. The highest BCUT2D eigenvalue weighted by atomic mass is 16.6. The van der Waals surface area contributed by atoms with Crippen LogP contribution in [0.4, 0.5) is 10.5 Å². The van der Waals surface area contributed by atoms with Gasteiger partial charge in [0.1, 0.15) is 17.1 Å². The van der Waals surface area contributed by atoms with Gasteiger partial charge in [0.15, 0.2) is 0 Å². The standard InChI is InChI=1S/C18H22N2O4/c1-12-6-8-14(10-15(12)22-5)23-16-9-7-13(11-19-16)20-17(21)24-18(2,3)4/h6-11H,1-5H3,(H,20,21). The number of nitrogens with zero attached hydrogens (tertiary/aromatic N) is 1. The van der Waals surface area contributed by atoms with Gasteiger partial charge in [0.2, 0.25) is 5.88 Å². The van der Waals surface area contributed by atoms with E-state index < -0.39 is 11.7 Å². The average Bonchev–Trinajstić information content (AvgIpc) is 2.49. The minimum absolute atomic E-state index is 0.413. The summed E-state index contributed by atoms with van der Waals surface area (Å²) in [6.07, 6.45) is 0.978. The highest BCUT2D eigenvalue weighted by Gasteiger charge is 2.16. The van der Waals surface area contributed by atoms with Crippen LogP contribution < -0.4 is 14.8 Å². The van der Waals surface area contributed by atoms with Crippen LogP contribution in [0.5, 0.6) is 17.4 Å². The van der Waals surface area contributed by atoms with Crippen molar-refractivity contribution in [2.24, 2.45) is 0 Å². The van der Waals surface area contributed by atoms with Crippen molar-refractivity contribution in [1.29, 1.82) is 0 Å². The number of hydrogen-bond acceptors (Lipinski definition) is 5. The van der Waals surface area contributed by atoms with Gasteiger partial charge in [-0.2, -0.15) is 0 Å². The molecule has 6 heteroatoms. The van der Waals surface area contributed by atoms with Crippen molar-refractivity contribution in [2.75, 3.05) is 12.4 Å². The summed E-state index contributed by atoms with van der Waals surface area (Å²) in [5.74, 6) is 1.78. The van der Waals surface area contributed by atoms with Gasteiger partial charge in [-0.25, -0.2) is 9.78 Å². The van der Waals surface area contributed by atoms with Crippen LogP contribution in [0.3, 0.4) is 0 Å². The number of hydrogen-bond donors (Lipinski definition) is 1. The number of methoxy groups -OCH3 is 1. The third-order valence-corrected chi connectivity index (χ3v) is 2.98. The van der Waals surface area contributed by atoms with Gasteiger partial charge in [0, 0.05) is 12.1 Å². The SMILES string of the molecule is COc1cc(Oc2ccc(NC(=O)OC(C)(C)C)cn2)ccc1C. The second-order valence-electron chi connectivity index (χ2n) is 6.25. The van der Waals surface area contributed by atoms with Gasteiger partial charge in [-0.05, 0) is 45.4 Å². The van der Waals surface area contributed by atoms with Crippen molar-refractivity contribution in [3.05, 3.63) is 42.1 Å². The number of aromatic nitrogens is 1. The summed E-state index contributed by atoms with van der Waals surface area (Å²) in [5, 5.41) is 2.62. The predicted molar refractivity (Wildman–Crippen MR) is 91.9 cm³/mol. The number of amides is 1. The Balaban J connectivity index is 2.01. The molecule has 6 nitrogen and oxygen atoms in total. The molecule has 1 aromatic carbocycles. The third kappa shape index (κ3) is 5.15. The van der Waals surface area contributed by atoms with Crippen LogP contribution in [0.25, 0.3) is 0 Å². The Hall–Kier alpha value is -2.76. The number of anilines is 1. The molecule has 1 amide bonds. The first-order chi connectivity index (χ1) is 11.3. The molecule has 0 aliphatic heterocycles. The minimum Gasteiger partial charge on any atom is -0.496 e. The van der Waals surface area contributed by atoms with E-state index >= 15 is 0 Å². The number of rotatable bonds is 4. The van der Waals surface area contributed by atoms with E-state index in [-0.39, 0.29) is 0 Å². The lowest BCUT2D eigenvalue weighted by Crippen LogP contribution is -2.27. The molecule has 0 saturated carbocycles. The van der Waals surface area contributed by atoms with Crippen molar-refractivity contribution in [3.8, 4) is 17.4 Å². The smallest absolute Gasteiger partial charge is 0.412 e. The van der Waals surface area contributed by atoms with Gasteiger partial charge in [-0.15, -0.1) is 0 Å². The molecule has 1 heterocycles. The van der Waals surface area contributed by atoms with E-state index in [0.29, 0.717) is 17.3 Å². The summed E-state index contributed by atoms with van der Waals surface area (Å²) in [5.41, 5.74) is 0.998. The molecule has 0 aliphatic carbocycles. The van der Waals surface area contributed by atoms with Crippen molar-refractivity contribution >= 4 is 11.8 Å². The number of benzene rings is 1. The molecule has 2 rings (SSSR count). The monoisotopic (exact) mass is 330 g/mol. The van der Waals surface area contributed by atoms with E-state index in [4.69, 9.17) is 14.2 Å². The predicted octanol–water partition coefficient (Wildman–Crippen LogP) is 4.54. The van der Waals surface area contributed by atoms with E-state index in [1.807, 2.05) is 19.1 Å². The lowest BCUT2D eigenvalue weighted by atomic mass is 10.2. The third-order valence-electron chi connectivity index (χ3n) is 2.98. The van der Waals surface area contributed by atoms with Crippen LogP contribution >= 0.6 is 0 Å². The zero-order valence-corrected chi connectivity index (χ0v) is 14.5. The maximum Gasteiger partial charge on any atom is 0.412 e. The molecular weight excluding hydrogens is 308 g/mol. The average molecular weight is 330 g/mol. The number of pyridine rings is 1. The molecular formula is C18H22N2O4. The Labute approximate surface area is 141 Å². The summed E-state index contributed by atoms with van der Waals surface area (Å²) in [6.45, 7) is 7.37. The molecule has 0 bridgehead atoms. The first-order valence-electron chi connectivity index (χ1n) is 7.55. The maximum atomic E-state index is 11.7. The number of ether oxygens (including phenoxy) is 3. The van der Waals surface area contributed by atoms with Crippen LogP contribution in [0.2, 0.25) is 0 Å². The van der Waals surface area contributed by atoms with Gasteiger partial charge in [0.05, 0.1) is 19.0 Å². The summed E-state index contributed by atoms with van der Waals surface area (Å²) < 4.78 is 16.1. The van der Waals surface area contributed by atoms with Crippen molar-refractivity contribution in [3.63, 3.8) is 0 Å². The van der Waals surface area contributed by atoms with Gasteiger partial charge >= 0.3 is 6.09 Å². The fourth-order valence-electron chi connectivity index (χ4n) is 1.92. The Morgan fingerprint density at radius 1 is 1.17 bits per heavy atom. The molecule has 0 saturated heterocycles. The zero-order valence-electron chi connectivity index (χ0n) is 14.5. The molecule has 24 heavy (non-hydrogen) atoms. The van der Waals surface area contributed by atoms with Crippen molar-refractivity contribution < 1.29 is 19.0 Å². The Bertz CT molecular complexity index is 706. The summed E-state index contributed by atoms with van der Waals surface area (Å²) in [7, 11) is 1.61. The van der Waals surface area contributed by atoms with Gasteiger partial charge in [-0.3, -0.25) is 5.32 Å². The molecule has 0 unspecified atom stereocenters. The minimum atomic E-state index is -0.551. The van der Waals surface area contributed by atoms with Crippen LogP contribution in [-0.4, -0.2) is 23.8 Å². The summed E-state index contributed by atoms with van der Waals surface area (Å²) in [4.78, 5) is 15.9. The van der Waals surface area contributed by atoms with Crippen LogP contribution in [-0.2, 0) is 4.74 Å². The number of carbonyl (C=O) groups excluding carboxylic acids is 1. The molecule has 128 valence electrons. The molecule has 0 fully saturated rings. The maximum absolute atomic E-state index is 11.7. The van der Waals surface area contributed by atoms with Crippen LogP contribution in [0.15, 0.2) is 36.5 Å². The molecule has 2 aromatic rings. The molecule has 0 atom stereocenters. The number of aryl methyl sites for hydroxylation is 1. The molecule has 0 spiro atoms. The van der Waals surface area contributed by atoms with Gasteiger partial charge < -0.3 is 14.2 Å². The lowest BCUT2D eigenvalue weighted by molar-refractivity contribution is 0.0636. The zero-order chi connectivity index (χ0) is 17.7. The lowest BCUT2D eigenvalue weighted by Gasteiger charge is -2.19. The van der Waals surface area contributed by atoms with Gasteiger partial charge in [-0.1, -0.05) is 6.07 Å². The number of nitrogens with one attached hydrogen (secondary N) is 1. The first kappa shape index (κ1) is 17.6. The van der Waals surface area contributed by atoms with Crippen LogP contribution in [0.1, 0.15) is 26.3 Å². The second kappa shape index (κ2) is 7.21. The molecule has 1 N–H and O–H groups in total. The fraction of sp³-hybridized carbons (Fsp3) is 0.333. The van der Waals surface area contributed by atoms with Crippen molar-refractivity contribution in [2.45, 2.75) is 33.3 Å². The summed E-state index contributed by atoms with van der Waals surface area (Å²) >= 11 is 0. The van der Waals surface area contributed by atoms with Crippen LogP contribution in [0, 0.1) is 6.92 Å². The topological polar surface area (TPSA) is 69.7 Å². The van der Waals surface area contributed by atoms with E-state index in [0.717, 1.165) is 11.3 Å². The highest BCUT2D eigenvalue weighted by molar-refractivity contribution is 5.84. The summed E-state index contributed by atoms with van der Waals surface area (Å²) in [6, 6.07) is 8.90. The van der Waals surface area contributed by atoms with Crippen molar-refractivity contribution in [1.82, 2.24) is 4.98 Å². The molecule has 1 aromatic heterocycles. The van der Waals surface area contributed by atoms with E-state index in [1.54, 1.807) is 46.1 Å². The molecule has 0 radical (unpaired) electrons. The number of carbonyl (C=O) groups is 1. The Morgan fingerprint density at radius 2 is 1.92 bits per heavy atom. The Morgan fingerprint density at radius 3 is 2.50 bits per heavy atom. The van der Waals surface area contributed by atoms with E-state index in [2.05, 4.69) is 10.3 Å². The normalized spacial score (nSPS) is 10.9. The largest absolute Gasteiger partial charge is 0.496 e. The fourth-order valence-corrected chi connectivity index (χ4v) is 1.92. The van der Waals surface area contributed by atoms with E-state index in [1.165, 1.54) is 6.20 Å². The van der Waals surface area contributed by atoms with Gasteiger partial charge in [0.25, 0.3) is 0 Å². The first-order valence-corrected chi connectivity index (χ1v) is 7.55. The Kier molecular flexibility index (Phi) is 5.28. The quantitative estimate of drug-likeness (QED) is 0.891. The molecule has 0 aliphatic rings. The highest BCUT2D eigenvalue weighted by Crippen LogP contribution is 2.27.